The third-order valence-corrected chi connectivity index (χ3v) is 12.0. The van der Waals surface area contributed by atoms with Crippen molar-refractivity contribution in [1.29, 1.82) is 0 Å². The summed E-state index contributed by atoms with van der Waals surface area (Å²) in [5, 5.41) is 10.6. The second kappa shape index (κ2) is 13.5. The third kappa shape index (κ3) is 7.64. The first kappa shape index (κ1) is 27.3. The molecule has 0 aliphatic rings. The quantitative estimate of drug-likeness (QED) is 0.149. The van der Waals surface area contributed by atoms with Crippen LogP contribution < -0.4 is 0 Å². The van der Waals surface area contributed by atoms with Gasteiger partial charge in [-0.15, -0.1) is 0 Å². The summed E-state index contributed by atoms with van der Waals surface area (Å²) in [6, 6.07) is 0. The lowest BCUT2D eigenvalue weighted by atomic mass is 9.92. The molecule has 0 rings (SSSR count). The first-order valence-electron chi connectivity index (χ1n) is 11.2. The van der Waals surface area contributed by atoms with Crippen LogP contribution in [-0.2, 0) is 14.0 Å². The summed E-state index contributed by atoms with van der Waals surface area (Å²) >= 11 is 0. The van der Waals surface area contributed by atoms with Crippen LogP contribution in [0.4, 0.5) is 0 Å². The number of aliphatic hydroxyl groups excluding tert-OH is 1. The first-order valence-corrected chi connectivity index (χ1v) is 13.3. The number of rotatable bonds is 15. The van der Waals surface area contributed by atoms with Gasteiger partial charge in [0, 0.05) is 0 Å². The van der Waals surface area contributed by atoms with Crippen LogP contribution in [0.25, 0.3) is 0 Å². The molecule has 0 fully saturated rings. The zero-order valence-corrected chi connectivity index (χ0v) is 20.7. The molecule has 0 aromatic rings. The van der Waals surface area contributed by atoms with Gasteiger partial charge in [0.05, 0.1) is 18.1 Å². The molecule has 0 spiro atoms. The van der Waals surface area contributed by atoms with Crippen molar-refractivity contribution in [3.05, 3.63) is 12.7 Å². The first-order chi connectivity index (χ1) is 13.1. The van der Waals surface area contributed by atoms with E-state index in [2.05, 4.69) is 55.0 Å². The molecular formula is C23H46O4Si. The predicted molar refractivity (Wildman–Crippen MR) is 121 cm³/mol. The summed E-state index contributed by atoms with van der Waals surface area (Å²) in [5.41, 5.74) is 1.16. The second-order valence-corrected chi connectivity index (χ2v) is 14.4. The van der Waals surface area contributed by atoms with E-state index in [1.54, 1.807) is 13.0 Å². The average molecular weight is 415 g/mol. The van der Waals surface area contributed by atoms with Crippen LogP contribution in [0.1, 0.15) is 87.5 Å². The number of esters is 1. The molecule has 5 heteroatoms. The van der Waals surface area contributed by atoms with E-state index in [-0.39, 0.29) is 12.6 Å². The molecule has 28 heavy (non-hydrogen) atoms. The van der Waals surface area contributed by atoms with Gasteiger partial charge in [0.2, 0.25) is 8.32 Å². The Morgan fingerprint density at radius 2 is 1.54 bits per heavy atom. The highest BCUT2D eigenvalue weighted by Crippen LogP contribution is 2.44. The SMILES string of the molecule is C=CCOC(=O)[C@H](CCCCCC)[C@@H](O[Si](C(C)C)(C(C)C)C(C)C)[C@H](C)O. The van der Waals surface area contributed by atoms with Crippen molar-refractivity contribution in [2.45, 2.75) is 116 Å². The fourth-order valence-electron chi connectivity index (χ4n) is 4.62. The molecule has 1 N–H and O–H groups in total. The highest BCUT2D eigenvalue weighted by Gasteiger charge is 2.49. The number of unbranched alkanes of at least 4 members (excludes halogenated alkanes) is 3. The van der Waals surface area contributed by atoms with Gasteiger partial charge in [-0.3, -0.25) is 4.79 Å². The van der Waals surface area contributed by atoms with Crippen molar-refractivity contribution < 1.29 is 19.1 Å². The van der Waals surface area contributed by atoms with E-state index in [0.717, 1.165) is 25.7 Å². The normalized spacial score (nSPS) is 15.7. The number of carbonyl (C=O) groups is 1. The maximum absolute atomic E-state index is 12.9. The zero-order chi connectivity index (χ0) is 21.9. The fourth-order valence-corrected chi connectivity index (χ4v) is 10.3. The molecule has 166 valence electrons. The third-order valence-electron chi connectivity index (χ3n) is 5.93. The lowest BCUT2D eigenvalue weighted by molar-refractivity contribution is -0.154. The molecule has 0 radical (unpaired) electrons. The Balaban J connectivity index is 5.79. The van der Waals surface area contributed by atoms with Crippen molar-refractivity contribution >= 4 is 14.3 Å². The highest BCUT2D eigenvalue weighted by molar-refractivity contribution is 6.77. The van der Waals surface area contributed by atoms with Gasteiger partial charge in [0.1, 0.15) is 6.61 Å². The second-order valence-electron chi connectivity index (χ2n) is 9.02. The Hall–Kier alpha value is -0.653. The smallest absolute Gasteiger partial charge is 0.311 e. The minimum atomic E-state index is -2.24. The Kier molecular flexibility index (Phi) is 13.2. The summed E-state index contributed by atoms with van der Waals surface area (Å²) in [6.07, 6.45) is 5.32. The summed E-state index contributed by atoms with van der Waals surface area (Å²) in [7, 11) is -2.24. The Morgan fingerprint density at radius 3 is 1.93 bits per heavy atom. The van der Waals surface area contributed by atoms with Crippen molar-refractivity contribution in [3.8, 4) is 0 Å². The Labute approximate surface area is 175 Å². The molecule has 3 atom stereocenters. The lowest BCUT2D eigenvalue weighted by Gasteiger charge is -2.46. The van der Waals surface area contributed by atoms with Gasteiger partial charge in [0.15, 0.2) is 0 Å². The van der Waals surface area contributed by atoms with E-state index >= 15 is 0 Å². The largest absolute Gasteiger partial charge is 0.461 e. The van der Waals surface area contributed by atoms with Crippen LogP contribution >= 0.6 is 0 Å². The maximum atomic E-state index is 12.9. The summed E-state index contributed by atoms with van der Waals surface area (Å²) in [6.45, 7) is 21.1. The minimum Gasteiger partial charge on any atom is -0.461 e. The number of hydrogen-bond acceptors (Lipinski definition) is 4. The van der Waals surface area contributed by atoms with E-state index in [0.29, 0.717) is 23.0 Å². The molecule has 0 aliphatic heterocycles. The molecule has 4 nitrogen and oxygen atoms in total. The van der Waals surface area contributed by atoms with E-state index in [1.165, 1.54) is 0 Å². The van der Waals surface area contributed by atoms with Crippen LogP contribution in [0, 0.1) is 5.92 Å². The zero-order valence-electron chi connectivity index (χ0n) is 19.7. The number of ether oxygens (including phenoxy) is 1. The van der Waals surface area contributed by atoms with Crippen molar-refractivity contribution in [1.82, 2.24) is 0 Å². The number of carbonyl (C=O) groups excluding carboxylic acids is 1. The van der Waals surface area contributed by atoms with E-state index in [4.69, 9.17) is 9.16 Å². The van der Waals surface area contributed by atoms with Crippen molar-refractivity contribution in [2.75, 3.05) is 6.61 Å². The Bertz CT molecular complexity index is 424. The predicted octanol–water partition coefficient (Wildman–Crippen LogP) is 6.24. The summed E-state index contributed by atoms with van der Waals surface area (Å²) in [4.78, 5) is 12.9. The van der Waals surface area contributed by atoms with Crippen LogP contribution in [-0.4, -0.2) is 38.2 Å². The van der Waals surface area contributed by atoms with E-state index < -0.39 is 26.4 Å². The number of aliphatic hydroxyl groups is 1. The number of hydrogen-bond donors (Lipinski definition) is 1. The van der Waals surface area contributed by atoms with Gasteiger partial charge in [-0.1, -0.05) is 86.8 Å². The van der Waals surface area contributed by atoms with Crippen LogP contribution in [0.2, 0.25) is 16.6 Å². The molecule has 0 saturated carbocycles. The van der Waals surface area contributed by atoms with E-state index in [1.807, 2.05) is 0 Å². The van der Waals surface area contributed by atoms with Crippen LogP contribution in [0.15, 0.2) is 12.7 Å². The van der Waals surface area contributed by atoms with Gasteiger partial charge in [-0.25, -0.2) is 0 Å². The standard InChI is InChI=1S/C23H46O4Si/c1-10-12-13-14-15-21(23(25)26-16-11-2)22(20(9)24)27-28(17(3)4,18(5)6)19(7)8/h11,17-22,24H,2,10,12-16H2,1,3-9H3/t20-,21+,22-/m0/s1. The molecule has 0 bridgehead atoms. The van der Waals surface area contributed by atoms with Gasteiger partial charge < -0.3 is 14.3 Å². The van der Waals surface area contributed by atoms with Crippen LogP contribution in [0.3, 0.4) is 0 Å². The van der Waals surface area contributed by atoms with Crippen molar-refractivity contribution in [2.24, 2.45) is 5.92 Å². The lowest BCUT2D eigenvalue weighted by Crippen LogP contribution is -2.54. The molecule has 0 amide bonds. The van der Waals surface area contributed by atoms with Gasteiger partial charge in [-0.05, 0) is 30.0 Å². The molecule has 0 aliphatic carbocycles. The Morgan fingerprint density at radius 1 is 1.00 bits per heavy atom. The van der Waals surface area contributed by atoms with Gasteiger partial charge in [0.25, 0.3) is 0 Å². The highest BCUT2D eigenvalue weighted by atomic mass is 28.4. The molecule has 0 unspecified atom stereocenters. The van der Waals surface area contributed by atoms with Crippen LogP contribution in [0.5, 0.6) is 0 Å². The monoisotopic (exact) mass is 414 g/mol. The molecule has 0 saturated heterocycles. The molecule has 0 aromatic carbocycles. The van der Waals surface area contributed by atoms with Crippen molar-refractivity contribution in [3.63, 3.8) is 0 Å². The summed E-state index contributed by atoms with van der Waals surface area (Å²) in [5.74, 6) is -0.721. The molecular weight excluding hydrogens is 368 g/mol. The van der Waals surface area contributed by atoms with Gasteiger partial charge in [-0.2, -0.15) is 0 Å². The topological polar surface area (TPSA) is 55.8 Å². The average Bonchev–Trinajstić information content (AvgIpc) is 2.60. The summed E-state index contributed by atoms with van der Waals surface area (Å²) < 4.78 is 12.3. The maximum Gasteiger partial charge on any atom is 0.311 e. The molecule has 0 aromatic heterocycles. The van der Waals surface area contributed by atoms with Gasteiger partial charge >= 0.3 is 5.97 Å². The minimum absolute atomic E-state index is 0.192. The van der Waals surface area contributed by atoms with E-state index in [9.17, 15) is 9.90 Å². The molecule has 0 heterocycles. The fraction of sp³-hybridized carbons (Fsp3) is 0.870.